The van der Waals surface area contributed by atoms with Crippen LogP contribution in [0.25, 0.3) is 0 Å². The minimum absolute atomic E-state index is 0.0515. The molecule has 284 valence electrons. The Labute approximate surface area is 298 Å². The molecule has 0 aromatic rings. The molecule has 49 heavy (non-hydrogen) atoms. The van der Waals surface area contributed by atoms with E-state index in [1.54, 1.807) is 0 Å². The summed E-state index contributed by atoms with van der Waals surface area (Å²) in [5, 5.41) is 0. The standard InChI is InChI=1S/C39H70NO8P/c1-3-5-7-9-10-11-12-13-14-15-16-17-18-19-20-21-22-23-24-25-26-28-30-32-39(42)48-37(36-47-49(43,44)46-34-33-40)35-45-38(41)31-29-27-8-6-4-2/h5,7,10-11,13-14,16-17,37H,3-4,6,8-9,12,15,18-36,40H2,1-2H3,(H,43,44)/b7-5-,11-10-,14-13-,17-16-. The lowest BCUT2D eigenvalue weighted by Gasteiger charge is -2.19. The van der Waals surface area contributed by atoms with Gasteiger partial charge in [-0.1, -0.05) is 140 Å². The fraction of sp³-hybridized carbons (Fsp3) is 0.744. The van der Waals surface area contributed by atoms with Gasteiger partial charge in [0, 0.05) is 19.4 Å². The Morgan fingerprint density at radius 2 is 1.12 bits per heavy atom. The second kappa shape index (κ2) is 35.8. The van der Waals surface area contributed by atoms with Gasteiger partial charge < -0.3 is 20.1 Å². The number of phosphoric ester groups is 1. The van der Waals surface area contributed by atoms with Crippen molar-refractivity contribution in [3.63, 3.8) is 0 Å². The van der Waals surface area contributed by atoms with E-state index in [1.165, 1.54) is 38.5 Å². The first-order valence-corrected chi connectivity index (χ1v) is 20.6. The molecule has 2 atom stereocenters. The van der Waals surface area contributed by atoms with Crippen LogP contribution in [0.2, 0.25) is 0 Å². The molecule has 0 aliphatic heterocycles. The molecule has 0 bridgehead atoms. The summed E-state index contributed by atoms with van der Waals surface area (Å²) in [5.41, 5.74) is 5.31. The van der Waals surface area contributed by atoms with E-state index < -0.39 is 32.5 Å². The summed E-state index contributed by atoms with van der Waals surface area (Å²) in [6.07, 6.45) is 39.0. The normalized spacial score (nSPS) is 14.0. The predicted molar refractivity (Wildman–Crippen MR) is 201 cm³/mol. The van der Waals surface area contributed by atoms with Crippen molar-refractivity contribution >= 4 is 19.8 Å². The van der Waals surface area contributed by atoms with Crippen LogP contribution < -0.4 is 5.73 Å². The lowest BCUT2D eigenvalue weighted by molar-refractivity contribution is -0.161. The number of rotatable bonds is 35. The van der Waals surface area contributed by atoms with E-state index in [4.69, 9.17) is 24.3 Å². The van der Waals surface area contributed by atoms with Crippen LogP contribution in [0.15, 0.2) is 48.6 Å². The van der Waals surface area contributed by atoms with Gasteiger partial charge in [0.2, 0.25) is 0 Å². The predicted octanol–water partition coefficient (Wildman–Crippen LogP) is 10.4. The number of allylic oxidation sites excluding steroid dienone is 8. The molecule has 0 heterocycles. The first kappa shape index (κ1) is 47.0. The highest BCUT2D eigenvalue weighted by atomic mass is 31.2. The van der Waals surface area contributed by atoms with Gasteiger partial charge in [-0.2, -0.15) is 0 Å². The van der Waals surface area contributed by atoms with Crippen molar-refractivity contribution in [2.24, 2.45) is 5.73 Å². The SMILES string of the molecule is CC/C=C\C/C=C\C/C=C\C/C=C\CCCCCCCCCCCCC(=O)OC(COC(=O)CCCCCCC)COP(=O)(O)OCCN. The first-order valence-electron chi connectivity index (χ1n) is 19.1. The molecule has 0 radical (unpaired) electrons. The molecule has 0 rings (SSSR count). The van der Waals surface area contributed by atoms with Gasteiger partial charge in [-0.15, -0.1) is 0 Å². The summed E-state index contributed by atoms with van der Waals surface area (Å²) in [4.78, 5) is 34.4. The summed E-state index contributed by atoms with van der Waals surface area (Å²) in [7, 11) is -4.36. The number of phosphoric acid groups is 1. The Kier molecular flexibility index (Phi) is 34.3. The topological polar surface area (TPSA) is 134 Å². The van der Waals surface area contributed by atoms with Gasteiger partial charge in [-0.25, -0.2) is 4.57 Å². The van der Waals surface area contributed by atoms with E-state index >= 15 is 0 Å². The minimum Gasteiger partial charge on any atom is -0.462 e. The maximum absolute atomic E-state index is 12.5. The third-order valence-electron chi connectivity index (χ3n) is 7.73. The quantitative estimate of drug-likeness (QED) is 0.0285. The van der Waals surface area contributed by atoms with Crippen LogP contribution >= 0.6 is 7.82 Å². The van der Waals surface area contributed by atoms with E-state index in [9.17, 15) is 19.0 Å². The highest BCUT2D eigenvalue weighted by Gasteiger charge is 2.25. The molecule has 0 fully saturated rings. The molecule has 9 nitrogen and oxygen atoms in total. The molecule has 0 aliphatic rings. The number of esters is 2. The number of unbranched alkanes of at least 4 members (excludes halogenated alkanes) is 14. The maximum Gasteiger partial charge on any atom is 0.472 e. The van der Waals surface area contributed by atoms with Crippen molar-refractivity contribution in [1.82, 2.24) is 0 Å². The fourth-order valence-corrected chi connectivity index (χ4v) is 5.68. The number of hydrogen-bond acceptors (Lipinski definition) is 8. The zero-order chi connectivity index (χ0) is 36.1. The molecule has 10 heteroatoms. The van der Waals surface area contributed by atoms with E-state index in [2.05, 4.69) is 62.5 Å². The van der Waals surface area contributed by atoms with Gasteiger partial charge in [0.25, 0.3) is 0 Å². The minimum atomic E-state index is -4.36. The first-order chi connectivity index (χ1) is 23.8. The zero-order valence-electron chi connectivity index (χ0n) is 30.9. The number of hydrogen-bond donors (Lipinski definition) is 2. The second-order valence-electron chi connectivity index (χ2n) is 12.4. The molecule has 0 spiro atoms. The van der Waals surface area contributed by atoms with Crippen molar-refractivity contribution < 1.29 is 37.6 Å². The number of carbonyl (C=O) groups is 2. The van der Waals surface area contributed by atoms with Crippen molar-refractivity contribution in [3.8, 4) is 0 Å². The molecule has 0 aromatic heterocycles. The van der Waals surface area contributed by atoms with Gasteiger partial charge in [-0.3, -0.25) is 18.6 Å². The number of carbonyl (C=O) groups excluding carboxylic acids is 2. The molecule has 0 aromatic carbocycles. The Morgan fingerprint density at radius 1 is 0.633 bits per heavy atom. The largest absolute Gasteiger partial charge is 0.472 e. The number of ether oxygens (including phenoxy) is 2. The van der Waals surface area contributed by atoms with Crippen molar-refractivity contribution in [1.29, 1.82) is 0 Å². The number of nitrogens with two attached hydrogens (primary N) is 1. The van der Waals surface area contributed by atoms with E-state index in [0.29, 0.717) is 6.42 Å². The smallest absolute Gasteiger partial charge is 0.462 e. The zero-order valence-corrected chi connectivity index (χ0v) is 31.8. The summed E-state index contributed by atoms with van der Waals surface area (Å²) >= 11 is 0. The van der Waals surface area contributed by atoms with Crippen LogP contribution in [0.1, 0.15) is 155 Å². The second-order valence-corrected chi connectivity index (χ2v) is 13.9. The highest BCUT2D eigenvalue weighted by molar-refractivity contribution is 7.47. The molecule has 0 aliphatic carbocycles. The Bertz CT molecular complexity index is 949. The van der Waals surface area contributed by atoms with E-state index in [1.807, 2.05) is 0 Å². The fourth-order valence-electron chi connectivity index (χ4n) is 4.92. The van der Waals surface area contributed by atoms with Crippen molar-refractivity contribution in [2.45, 2.75) is 161 Å². The average molecular weight is 712 g/mol. The Balaban J connectivity index is 4.01. The van der Waals surface area contributed by atoms with Crippen LogP contribution in [0, 0.1) is 0 Å². The van der Waals surface area contributed by atoms with Gasteiger partial charge in [0.1, 0.15) is 6.61 Å². The van der Waals surface area contributed by atoms with Gasteiger partial charge in [0.05, 0.1) is 13.2 Å². The highest BCUT2D eigenvalue weighted by Crippen LogP contribution is 2.43. The lowest BCUT2D eigenvalue weighted by Crippen LogP contribution is -2.29. The van der Waals surface area contributed by atoms with Crippen LogP contribution in [-0.2, 0) is 32.7 Å². The summed E-state index contributed by atoms with van der Waals surface area (Å²) in [6, 6.07) is 0. The summed E-state index contributed by atoms with van der Waals surface area (Å²) in [5.74, 6) is -0.851. The van der Waals surface area contributed by atoms with Gasteiger partial charge in [-0.05, 0) is 51.4 Å². The maximum atomic E-state index is 12.5. The monoisotopic (exact) mass is 711 g/mol. The van der Waals surface area contributed by atoms with Crippen LogP contribution in [0.3, 0.4) is 0 Å². The molecule has 2 unspecified atom stereocenters. The molecule has 0 saturated carbocycles. The lowest BCUT2D eigenvalue weighted by atomic mass is 10.0. The van der Waals surface area contributed by atoms with E-state index in [0.717, 1.165) is 83.5 Å². The molecular formula is C39H70NO8P. The Morgan fingerprint density at radius 3 is 1.67 bits per heavy atom. The summed E-state index contributed by atoms with van der Waals surface area (Å²) < 4.78 is 32.4. The molecule has 0 amide bonds. The molecule has 3 N–H and O–H groups in total. The van der Waals surface area contributed by atoms with Crippen LogP contribution in [0.4, 0.5) is 0 Å². The summed E-state index contributed by atoms with van der Waals surface area (Å²) in [6.45, 7) is 3.50. The third-order valence-corrected chi connectivity index (χ3v) is 8.71. The van der Waals surface area contributed by atoms with Crippen LogP contribution in [-0.4, -0.2) is 49.3 Å². The van der Waals surface area contributed by atoms with Crippen LogP contribution in [0.5, 0.6) is 0 Å². The average Bonchev–Trinajstić information content (AvgIpc) is 3.08. The van der Waals surface area contributed by atoms with E-state index in [-0.39, 0.29) is 32.6 Å². The molecular weight excluding hydrogens is 641 g/mol. The third kappa shape index (κ3) is 35.6. The van der Waals surface area contributed by atoms with Crippen molar-refractivity contribution in [3.05, 3.63) is 48.6 Å². The van der Waals surface area contributed by atoms with Gasteiger partial charge in [0.15, 0.2) is 6.10 Å². The molecule has 0 saturated heterocycles. The van der Waals surface area contributed by atoms with Gasteiger partial charge >= 0.3 is 19.8 Å². The Hall–Kier alpha value is -2.03. The van der Waals surface area contributed by atoms with Crippen molar-refractivity contribution in [2.75, 3.05) is 26.4 Å².